The normalized spacial score (nSPS) is 13.4. The van der Waals surface area contributed by atoms with Crippen molar-refractivity contribution in [1.29, 1.82) is 0 Å². The van der Waals surface area contributed by atoms with E-state index in [2.05, 4.69) is 4.72 Å². The molecule has 2 aromatic rings. The molecule has 1 atom stereocenters. The minimum absolute atomic E-state index is 0.0965. The third-order valence-electron chi connectivity index (χ3n) is 3.12. The van der Waals surface area contributed by atoms with Crippen molar-refractivity contribution in [2.24, 2.45) is 5.92 Å². The molecule has 0 aliphatic carbocycles. The van der Waals surface area contributed by atoms with Gasteiger partial charge in [0, 0.05) is 11.5 Å². The number of nitrogens with one attached hydrogen (secondary N) is 1. The average molecular weight is 325 g/mol. The quantitative estimate of drug-likeness (QED) is 0.798. The van der Waals surface area contributed by atoms with Crippen LogP contribution >= 0.6 is 0 Å². The van der Waals surface area contributed by atoms with Gasteiger partial charge in [0.05, 0.1) is 4.90 Å². The van der Waals surface area contributed by atoms with E-state index in [0.29, 0.717) is 5.39 Å². The van der Waals surface area contributed by atoms with Crippen LogP contribution in [0.1, 0.15) is 13.8 Å². The van der Waals surface area contributed by atoms with Crippen molar-refractivity contribution in [3.8, 4) is 0 Å². The maximum atomic E-state index is 12.3. The molecule has 7 nitrogen and oxygen atoms in total. The third-order valence-corrected chi connectivity index (χ3v) is 4.55. The van der Waals surface area contributed by atoms with Gasteiger partial charge in [0.25, 0.3) is 0 Å². The molecule has 0 spiro atoms. The van der Waals surface area contributed by atoms with Crippen molar-refractivity contribution < 1.29 is 22.7 Å². The lowest BCUT2D eigenvalue weighted by Crippen LogP contribution is -2.44. The summed E-state index contributed by atoms with van der Waals surface area (Å²) in [5, 5.41) is 9.51. The highest BCUT2D eigenvalue weighted by Gasteiger charge is 2.28. The van der Waals surface area contributed by atoms with Gasteiger partial charge in [-0.15, -0.1) is 0 Å². The largest absolute Gasteiger partial charge is 0.480 e. The van der Waals surface area contributed by atoms with Crippen LogP contribution in [0.15, 0.2) is 44.4 Å². The molecule has 2 N–H and O–H groups in total. The fourth-order valence-electron chi connectivity index (χ4n) is 1.92. The van der Waals surface area contributed by atoms with Crippen LogP contribution in [0.25, 0.3) is 11.0 Å². The Bertz CT molecular complexity index is 868. The van der Waals surface area contributed by atoms with Crippen LogP contribution in [0.2, 0.25) is 0 Å². The van der Waals surface area contributed by atoms with E-state index in [0.717, 1.165) is 0 Å². The molecule has 8 heteroatoms. The summed E-state index contributed by atoms with van der Waals surface area (Å²) in [6, 6.07) is 5.33. The van der Waals surface area contributed by atoms with E-state index >= 15 is 0 Å². The van der Waals surface area contributed by atoms with E-state index in [4.69, 9.17) is 9.52 Å². The van der Waals surface area contributed by atoms with Crippen LogP contribution in [0.4, 0.5) is 0 Å². The Labute approximate surface area is 126 Å². The lowest BCUT2D eigenvalue weighted by atomic mass is 10.1. The highest BCUT2D eigenvalue weighted by molar-refractivity contribution is 7.89. The van der Waals surface area contributed by atoms with Crippen LogP contribution in [-0.4, -0.2) is 25.5 Å². The summed E-state index contributed by atoms with van der Waals surface area (Å²) in [5.41, 5.74) is -0.280. The van der Waals surface area contributed by atoms with Gasteiger partial charge in [-0.1, -0.05) is 13.8 Å². The van der Waals surface area contributed by atoms with Gasteiger partial charge in [0.1, 0.15) is 11.6 Å². The van der Waals surface area contributed by atoms with Gasteiger partial charge in [0.15, 0.2) is 0 Å². The minimum Gasteiger partial charge on any atom is -0.480 e. The second-order valence-corrected chi connectivity index (χ2v) is 6.85. The second kappa shape index (κ2) is 5.90. The highest BCUT2D eigenvalue weighted by atomic mass is 32.2. The number of aliphatic carboxylic acids is 1. The predicted molar refractivity (Wildman–Crippen MR) is 79.1 cm³/mol. The van der Waals surface area contributed by atoms with Gasteiger partial charge in [-0.05, 0) is 30.2 Å². The van der Waals surface area contributed by atoms with Crippen LogP contribution < -0.4 is 10.3 Å². The first kappa shape index (κ1) is 16.2. The van der Waals surface area contributed by atoms with E-state index in [1.54, 1.807) is 13.8 Å². The molecular weight excluding hydrogens is 310 g/mol. The molecule has 0 aliphatic rings. The van der Waals surface area contributed by atoms with Crippen molar-refractivity contribution in [2.45, 2.75) is 24.8 Å². The van der Waals surface area contributed by atoms with Crippen molar-refractivity contribution in [2.75, 3.05) is 0 Å². The second-order valence-electron chi connectivity index (χ2n) is 5.14. The van der Waals surface area contributed by atoms with Crippen molar-refractivity contribution in [3.05, 3.63) is 40.8 Å². The standard InChI is InChI=1S/C14H15NO6S/c1-8(2)13(14(17)18)15-22(19,20)10-4-5-11-9(7-10)3-6-12(16)21-11/h3-8,13,15H,1-2H3,(H,17,18)/t13-/m1/s1. The summed E-state index contributed by atoms with van der Waals surface area (Å²) in [4.78, 5) is 22.1. The number of carboxylic acids is 1. The van der Waals surface area contributed by atoms with Gasteiger partial charge in [-0.25, -0.2) is 13.2 Å². The zero-order chi connectivity index (χ0) is 16.5. The third kappa shape index (κ3) is 3.34. The smallest absolute Gasteiger partial charge is 0.336 e. The van der Waals surface area contributed by atoms with Gasteiger partial charge in [-0.2, -0.15) is 4.72 Å². The minimum atomic E-state index is -4.00. The summed E-state index contributed by atoms with van der Waals surface area (Å²) in [7, 11) is -4.00. The van der Waals surface area contributed by atoms with Crippen LogP contribution in [0.3, 0.4) is 0 Å². The Morgan fingerprint density at radius 2 is 1.91 bits per heavy atom. The number of carbonyl (C=O) groups is 1. The lowest BCUT2D eigenvalue weighted by Gasteiger charge is -2.18. The lowest BCUT2D eigenvalue weighted by molar-refractivity contribution is -0.140. The van der Waals surface area contributed by atoms with E-state index in [9.17, 15) is 18.0 Å². The first-order valence-corrected chi connectivity index (χ1v) is 7.98. The number of carboxylic acid groups (broad SMARTS) is 1. The molecule has 0 amide bonds. The van der Waals surface area contributed by atoms with E-state index < -0.39 is 33.6 Å². The fraction of sp³-hybridized carbons (Fsp3) is 0.286. The molecule has 0 unspecified atom stereocenters. The van der Waals surface area contributed by atoms with E-state index in [-0.39, 0.29) is 10.5 Å². The Hall–Kier alpha value is -2.19. The van der Waals surface area contributed by atoms with Gasteiger partial charge in [0.2, 0.25) is 10.0 Å². The van der Waals surface area contributed by atoms with Crippen molar-refractivity contribution in [1.82, 2.24) is 4.72 Å². The Kier molecular flexibility index (Phi) is 4.34. The first-order valence-electron chi connectivity index (χ1n) is 6.50. The molecule has 1 aromatic heterocycles. The monoisotopic (exact) mass is 325 g/mol. The number of sulfonamides is 1. The summed E-state index contributed by atoms with van der Waals surface area (Å²) in [6.45, 7) is 3.21. The summed E-state index contributed by atoms with van der Waals surface area (Å²) in [6.07, 6.45) is 0. The molecule has 0 radical (unpaired) electrons. The molecule has 22 heavy (non-hydrogen) atoms. The maximum absolute atomic E-state index is 12.3. The number of benzene rings is 1. The van der Waals surface area contributed by atoms with Crippen LogP contribution in [0.5, 0.6) is 0 Å². The van der Waals surface area contributed by atoms with Crippen LogP contribution in [-0.2, 0) is 14.8 Å². The number of rotatable bonds is 5. The van der Waals surface area contributed by atoms with Crippen molar-refractivity contribution >= 4 is 27.0 Å². The molecule has 1 heterocycles. The Morgan fingerprint density at radius 1 is 1.23 bits per heavy atom. The highest BCUT2D eigenvalue weighted by Crippen LogP contribution is 2.18. The zero-order valence-corrected chi connectivity index (χ0v) is 12.8. The zero-order valence-electron chi connectivity index (χ0n) is 11.9. The molecule has 1 aromatic carbocycles. The number of hydrogen-bond acceptors (Lipinski definition) is 5. The van der Waals surface area contributed by atoms with E-state index in [1.807, 2.05) is 0 Å². The maximum Gasteiger partial charge on any atom is 0.336 e. The Morgan fingerprint density at radius 3 is 2.50 bits per heavy atom. The average Bonchev–Trinajstić information content (AvgIpc) is 2.43. The molecule has 0 aliphatic heterocycles. The summed E-state index contributed by atoms with van der Waals surface area (Å²) < 4.78 is 31.7. The van der Waals surface area contributed by atoms with Gasteiger partial charge in [-0.3, -0.25) is 4.79 Å². The van der Waals surface area contributed by atoms with Crippen LogP contribution in [0, 0.1) is 5.92 Å². The van der Waals surface area contributed by atoms with Crippen molar-refractivity contribution in [3.63, 3.8) is 0 Å². The first-order chi connectivity index (χ1) is 10.2. The van der Waals surface area contributed by atoms with Gasteiger partial charge < -0.3 is 9.52 Å². The van der Waals surface area contributed by atoms with Gasteiger partial charge >= 0.3 is 11.6 Å². The molecule has 118 valence electrons. The molecular formula is C14H15NO6S. The Balaban J connectivity index is 2.43. The molecule has 0 fully saturated rings. The molecule has 0 bridgehead atoms. The number of fused-ring (bicyclic) bond motifs is 1. The van der Waals surface area contributed by atoms with E-state index in [1.165, 1.54) is 30.3 Å². The molecule has 2 rings (SSSR count). The molecule has 0 saturated heterocycles. The topological polar surface area (TPSA) is 114 Å². The number of hydrogen-bond donors (Lipinski definition) is 2. The molecule has 0 saturated carbocycles. The predicted octanol–water partition coefficient (Wildman–Crippen LogP) is 1.18. The summed E-state index contributed by atoms with van der Waals surface area (Å²) >= 11 is 0. The SMILES string of the molecule is CC(C)[C@@H](NS(=O)(=O)c1ccc2oc(=O)ccc2c1)C(=O)O. The summed E-state index contributed by atoms with van der Waals surface area (Å²) in [5.74, 6) is -1.66. The fourth-order valence-corrected chi connectivity index (χ4v) is 3.30.